The second-order valence-electron chi connectivity index (χ2n) is 4.83. The Labute approximate surface area is 137 Å². The first-order valence-electron chi connectivity index (χ1n) is 6.76. The van der Waals surface area contributed by atoms with E-state index in [4.69, 9.17) is 14.6 Å². The molecule has 2 heterocycles. The first kappa shape index (κ1) is 15.8. The number of thiophene rings is 1. The van der Waals surface area contributed by atoms with E-state index in [0.29, 0.717) is 30.4 Å². The fourth-order valence-corrected chi connectivity index (χ4v) is 3.99. The summed E-state index contributed by atoms with van der Waals surface area (Å²) in [4.78, 5) is 12.1. The molecule has 0 bridgehead atoms. The lowest BCUT2D eigenvalue weighted by Crippen LogP contribution is -2.18. The number of nitrogens with one attached hydrogen (secondary N) is 1. The molecule has 1 aliphatic heterocycles. The number of carbonyl (C=O) groups is 1. The summed E-state index contributed by atoms with van der Waals surface area (Å²) in [6.45, 7) is 1.11. The topological polar surface area (TPSA) is 108 Å². The Kier molecular flexibility index (Phi) is 4.24. The largest absolute Gasteiger partial charge is 0.490 e. The molecule has 1 aromatic carbocycles. The van der Waals surface area contributed by atoms with E-state index in [1.165, 1.54) is 11.4 Å². The molecular weight excluding hydrogens is 340 g/mol. The first-order valence-corrected chi connectivity index (χ1v) is 9.19. The van der Waals surface area contributed by atoms with Crippen LogP contribution in [0.2, 0.25) is 0 Å². The molecule has 0 aliphatic carbocycles. The highest BCUT2D eigenvalue weighted by Gasteiger charge is 2.21. The smallest absolute Gasteiger partial charge is 0.267 e. The third-order valence-electron chi connectivity index (χ3n) is 3.15. The summed E-state index contributed by atoms with van der Waals surface area (Å²) < 4.78 is 34.0. The fraction of sp³-hybridized carbons (Fsp3) is 0.214. The average Bonchev–Trinajstić information content (AvgIpc) is 2.88. The maximum Gasteiger partial charge on any atom is 0.267 e. The van der Waals surface area contributed by atoms with Crippen molar-refractivity contribution in [1.29, 1.82) is 0 Å². The van der Waals surface area contributed by atoms with E-state index >= 15 is 0 Å². The zero-order chi connectivity index (χ0) is 16.4. The van der Waals surface area contributed by atoms with Crippen LogP contribution in [0.5, 0.6) is 11.5 Å². The van der Waals surface area contributed by atoms with Gasteiger partial charge in [0.1, 0.15) is 9.77 Å². The van der Waals surface area contributed by atoms with Crippen molar-refractivity contribution in [3.8, 4) is 11.5 Å². The molecule has 23 heavy (non-hydrogen) atoms. The molecule has 0 atom stereocenters. The highest BCUT2D eigenvalue weighted by Crippen LogP contribution is 2.32. The molecule has 1 aliphatic rings. The van der Waals surface area contributed by atoms with Gasteiger partial charge in [0.15, 0.2) is 11.5 Å². The van der Waals surface area contributed by atoms with Crippen LogP contribution in [-0.4, -0.2) is 27.5 Å². The second kappa shape index (κ2) is 6.19. The van der Waals surface area contributed by atoms with Crippen molar-refractivity contribution in [3.05, 3.63) is 34.5 Å². The number of nitrogens with two attached hydrogens (primary N) is 1. The Hall–Kier alpha value is -2.10. The molecule has 1 amide bonds. The van der Waals surface area contributed by atoms with Crippen LogP contribution < -0.4 is 19.9 Å². The van der Waals surface area contributed by atoms with Crippen molar-refractivity contribution < 1.29 is 22.7 Å². The number of rotatable bonds is 3. The Morgan fingerprint density at radius 2 is 1.91 bits per heavy atom. The molecule has 0 radical (unpaired) electrons. The Morgan fingerprint density at radius 1 is 1.17 bits per heavy atom. The molecule has 0 saturated heterocycles. The zero-order valence-corrected chi connectivity index (χ0v) is 13.6. The van der Waals surface area contributed by atoms with Gasteiger partial charge in [-0.2, -0.15) is 0 Å². The summed E-state index contributed by atoms with van der Waals surface area (Å²) in [5, 5.41) is 9.25. The van der Waals surface area contributed by atoms with Crippen molar-refractivity contribution in [2.45, 2.75) is 11.3 Å². The van der Waals surface area contributed by atoms with Gasteiger partial charge in [-0.15, -0.1) is 11.3 Å². The summed E-state index contributed by atoms with van der Waals surface area (Å²) in [7, 11) is -3.94. The third kappa shape index (κ3) is 3.46. The maximum atomic E-state index is 12.3. The Balaban J connectivity index is 1.84. The summed E-state index contributed by atoms with van der Waals surface area (Å²) in [6, 6.07) is 6.31. The highest BCUT2D eigenvalue weighted by atomic mass is 32.2. The number of benzene rings is 1. The molecule has 0 fully saturated rings. The van der Waals surface area contributed by atoms with Gasteiger partial charge in [0.2, 0.25) is 10.0 Å². The first-order chi connectivity index (χ1) is 10.9. The van der Waals surface area contributed by atoms with Gasteiger partial charge >= 0.3 is 0 Å². The van der Waals surface area contributed by atoms with Crippen LogP contribution in [0, 0.1) is 0 Å². The molecule has 122 valence electrons. The van der Waals surface area contributed by atoms with Crippen molar-refractivity contribution in [2.75, 3.05) is 18.5 Å². The molecular formula is C14H14N2O5S2. The van der Waals surface area contributed by atoms with Gasteiger partial charge in [-0.25, -0.2) is 13.6 Å². The number of carbonyl (C=O) groups excluding carboxylic acids is 1. The normalized spacial score (nSPS) is 14.1. The van der Waals surface area contributed by atoms with Crippen LogP contribution in [0.4, 0.5) is 5.69 Å². The molecule has 3 N–H and O–H groups in total. The van der Waals surface area contributed by atoms with Gasteiger partial charge in [0, 0.05) is 18.2 Å². The molecule has 7 nitrogen and oxygen atoms in total. The molecule has 9 heteroatoms. The summed E-state index contributed by atoms with van der Waals surface area (Å²) in [6.07, 6.45) is 0.781. The van der Waals surface area contributed by atoms with Gasteiger partial charge < -0.3 is 14.8 Å². The van der Waals surface area contributed by atoms with Gasteiger partial charge in [0.25, 0.3) is 5.91 Å². The van der Waals surface area contributed by atoms with Gasteiger partial charge in [-0.1, -0.05) is 0 Å². The minimum atomic E-state index is -3.94. The lowest BCUT2D eigenvalue weighted by Gasteiger charge is -2.10. The van der Waals surface area contributed by atoms with Crippen LogP contribution in [0.15, 0.2) is 34.5 Å². The van der Waals surface area contributed by atoms with Crippen molar-refractivity contribution in [2.24, 2.45) is 5.14 Å². The standard InChI is InChI=1S/C14H14N2O5S2/c15-23(18,19)12-4-7-22-13(12)14(17)16-9-2-3-10-11(8-9)21-6-1-5-20-10/h2-4,7-8H,1,5-6H2,(H,16,17)(H2,15,18,19). The van der Waals surface area contributed by atoms with Crippen molar-refractivity contribution in [3.63, 3.8) is 0 Å². The second-order valence-corrected chi connectivity index (χ2v) is 7.27. The highest BCUT2D eigenvalue weighted by molar-refractivity contribution is 7.89. The van der Waals surface area contributed by atoms with E-state index in [9.17, 15) is 13.2 Å². The third-order valence-corrected chi connectivity index (χ3v) is 5.14. The number of ether oxygens (including phenoxy) is 2. The number of hydrogen-bond acceptors (Lipinski definition) is 6. The van der Waals surface area contributed by atoms with Crippen molar-refractivity contribution >= 4 is 33.0 Å². The van der Waals surface area contributed by atoms with E-state index in [0.717, 1.165) is 17.8 Å². The fourth-order valence-electron chi connectivity index (χ4n) is 2.12. The number of sulfonamides is 1. The van der Waals surface area contributed by atoms with Crippen LogP contribution >= 0.6 is 11.3 Å². The maximum absolute atomic E-state index is 12.3. The average molecular weight is 354 g/mol. The van der Waals surface area contributed by atoms with Crippen LogP contribution in [0.3, 0.4) is 0 Å². The quantitative estimate of drug-likeness (QED) is 0.874. The van der Waals surface area contributed by atoms with E-state index in [1.54, 1.807) is 18.2 Å². The number of primary sulfonamides is 1. The molecule has 3 rings (SSSR count). The van der Waals surface area contributed by atoms with Crippen LogP contribution in [-0.2, 0) is 10.0 Å². The van der Waals surface area contributed by atoms with Gasteiger partial charge in [0.05, 0.1) is 13.2 Å². The monoisotopic (exact) mass is 354 g/mol. The van der Waals surface area contributed by atoms with Crippen molar-refractivity contribution in [1.82, 2.24) is 0 Å². The molecule has 0 spiro atoms. The summed E-state index contributed by atoms with van der Waals surface area (Å²) >= 11 is 1.01. The van der Waals surface area contributed by atoms with Gasteiger partial charge in [-0.3, -0.25) is 4.79 Å². The van der Waals surface area contributed by atoms with Crippen LogP contribution in [0.25, 0.3) is 0 Å². The van der Waals surface area contributed by atoms with E-state index < -0.39 is 15.9 Å². The summed E-state index contributed by atoms with van der Waals surface area (Å²) in [5.41, 5.74) is 0.480. The minimum Gasteiger partial charge on any atom is -0.490 e. The lowest BCUT2D eigenvalue weighted by atomic mass is 10.2. The SMILES string of the molecule is NS(=O)(=O)c1ccsc1C(=O)Nc1ccc2c(c1)OCCCO2. The number of hydrogen-bond donors (Lipinski definition) is 2. The Bertz CT molecular complexity index is 845. The van der Waals surface area contributed by atoms with Crippen LogP contribution in [0.1, 0.15) is 16.1 Å². The van der Waals surface area contributed by atoms with E-state index in [2.05, 4.69) is 5.32 Å². The summed E-state index contributed by atoms with van der Waals surface area (Å²) in [5.74, 6) is 0.610. The predicted octanol–water partition coefficient (Wildman–Crippen LogP) is 1.81. The lowest BCUT2D eigenvalue weighted by molar-refractivity contribution is 0.102. The predicted molar refractivity (Wildman–Crippen MR) is 85.7 cm³/mol. The number of fused-ring (bicyclic) bond motifs is 1. The molecule has 0 unspecified atom stereocenters. The zero-order valence-electron chi connectivity index (χ0n) is 11.9. The number of anilines is 1. The van der Waals surface area contributed by atoms with Gasteiger partial charge in [-0.05, 0) is 23.6 Å². The minimum absolute atomic E-state index is 0.0413. The van der Waals surface area contributed by atoms with E-state index in [1.807, 2.05) is 0 Å². The molecule has 1 aromatic heterocycles. The van der Waals surface area contributed by atoms with E-state index in [-0.39, 0.29) is 9.77 Å². The molecule has 2 aromatic rings. The number of amides is 1. The Morgan fingerprint density at radius 3 is 2.65 bits per heavy atom. The molecule has 0 saturated carbocycles.